The SMILES string of the molecule is NC(=O)c1ccc(NC(=O)C(S)Cc2ccccc2)cc1. The van der Waals surface area contributed by atoms with Crippen LogP contribution >= 0.6 is 12.6 Å². The molecule has 2 amide bonds. The Labute approximate surface area is 128 Å². The molecule has 0 aliphatic heterocycles. The van der Waals surface area contributed by atoms with Crippen molar-refractivity contribution in [3.05, 3.63) is 65.7 Å². The van der Waals surface area contributed by atoms with Crippen molar-refractivity contribution < 1.29 is 9.59 Å². The standard InChI is InChI=1S/C16H16N2O2S/c17-15(19)12-6-8-13(9-7-12)18-16(20)14(21)10-11-4-2-1-3-5-11/h1-9,14,21H,10H2,(H2,17,19)(H,18,20). The quantitative estimate of drug-likeness (QED) is 0.741. The third kappa shape index (κ3) is 4.36. The van der Waals surface area contributed by atoms with E-state index in [1.807, 2.05) is 30.3 Å². The summed E-state index contributed by atoms with van der Waals surface area (Å²) in [6, 6.07) is 16.1. The van der Waals surface area contributed by atoms with E-state index < -0.39 is 11.2 Å². The summed E-state index contributed by atoms with van der Waals surface area (Å²) < 4.78 is 0. The summed E-state index contributed by atoms with van der Waals surface area (Å²) in [5.41, 5.74) is 7.22. The van der Waals surface area contributed by atoms with Gasteiger partial charge in [-0.25, -0.2) is 0 Å². The topological polar surface area (TPSA) is 72.2 Å². The van der Waals surface area contributed by atoms with Gasteiger partial charge in [0.15, 0.2) is 0 Å². The molecule has 0 aliphatic carbocycles. The molecule has 0 spiro atoms. The first kappa shape index (κ1) is 15.1. The second-order valence-electron chi connectivity index (χ2n) is 4.64. The molecule has 0 aromatic heterocycles. The van der Waals surface area contributed by atoms with Gasteiger partial charge in [0, 0.05) is 11.3 Å². The summed E-state index contributed by atoms with van der Waals surface area (Å²) in [6.45, 7) is 0. The average Bonchev–Trinajstić information content (AvgIpc) is 2.48. The molecule has 0 radical (unpaired) electrons. The highest BCUT2D eigenvalue weighted by molar-refractivity contribution is 7.81. The van der Waals surface area contributed by atoms with Crippen molar-refractivity contribution in [1.82, 2.24) is 0 Å². The van der Waals surface area contributed by atoms with Gasteiger partial charge in [-0.2, -0.15) is 12.6 Å². The number of hydrogen-bond acceptors (Lipinski definition) is 3. The van der Waals surface area contributed by atoms with Crippen molar-refractivity contribution in [1.29, 1.82) is 0 Å². The number of anilines is 1. The molecule has 0 fully saturated rings. The predicted octanol–water partition coefficient (Wildman–Crippen LogP) is 2.27. The normalized spacial score (nSPS) is 11.7. The van der Waals surface area contributed by atoms with Crippen LogP contribution in [0.3, 0.4) is 0 Å². The van der Waals surface area contributed by atoms with Crippen LogP contribution in [-0.4, -0.2) is 17.1 Å². The Bertz CT molecular complexity index is 626. The minimum Gasteiger partial charge on any atom is -0.366 e. The first-order valence-corrected chi connectivity index (χ1v) is 7.00. The molecule has 0 bridgehead atoms. The Kier molecular flexibility index (Phi) is 5.00. The zero-order valence-electron chi connectivity index (χ0n) is 11.3. The molecule has 21 heavy (non-hydrogen) atoms. The van der Waals surface area contributed by atoms with Gasteiger partial charge in [-0.1, -0.05) is 30.3 Å². The smallest absolute Gasteiger partial charge is 0.248 e. The zero-order chi connectivity index (χ0) is 15.2. The molecule has 2 aromatic rings. The van der Waals surface area contributed by atoms with Crippen LogP contribution in [0, 0.1) is 0 Å². The molecule has 0 saturated carbocycles. The molecular weight excluding hydrogens is 284 g/mol. The van der Waals surface area contributed by atoms with Gasteiger partial charge in [0.2, 0.25) is 11.8 Å². The lowest BCUT2D eigenvalue weighted by molar-refractivity contribution is -0.115. The number of carbonyl (C=O) groups is 2. The molecule has 2 rings (SSSR count). The molecule has 4 nitrogen and oxygen atoms in total. The van der Waals surface area contributed by atoms with Crippen molar-refractivity contribution >= 4 is 30.1 Å². The van der Waals surface area contributed by atoms with Gasteiger partial charge in [-0.05, 0) is 36.2 Å². The van der Waals surface area contributed by atoms with E-state index in [1.165, 1.54) is 0 Å². The maximum Gasteiger partial charge on any atom is 0.248 e. The van der Waals surface area contributed by atoms with Crippen LogP contribution in [0.4, 0.5) is 5.69 Å². The number of nitrogens with one attached hydrogen (secondary N) is 1. The van der Waals surface area contributed by atoms with Crippen LogP contribution in [0.15, 0.2) is 54.6 Å². The molecule has 0 aliphatic rings. The first-order chi connectivity index (χ1) is 10.1. The van der Waals surface area contributed by atoms with Gasteiger partial charge in [-0.3, -0.25) is 9.59 Å². The second-order valence-corrected chi connectivity index (χ2v) is 5.26. The van der Waals surface area contributed by atoms with E-state index in [0.717, 1.165) is 5.56 Å². The molecule has 108 valence electrons. The predicted molar refractivity (Wildman–Crippen MR) is 86.5 cm³/mol. The van der Waals surface area contributed by atoms with Gasteiger partial charge in [0.1, 0.15) is 0 Å². The molecular formula is C16H16N2O2S. The highest BCUT2D eigenvalue weighted by Crippen LogP contribution is 2.13. The number of amides is 2. The average molecular weight is 300 g/mol. The lowest BCUT2D eigenvalue weighted by Gasteiger charge is -2.12. The second kappa shape index (κ2) is 6.95. The van der Waals surface area contributed by atoms with E-state index in [0.29, 0.717) is 17.7 Å². The van der Waals surface area contributed by atoms with E-state index in [9.17, 15) is 9.59 Å². The molecule has 3 N–H and O–H groups in total. The Balaban J connectivity index is 1.95. The highest BCUT2D eigenvalue weighted by atomic mass is 32.1. The molecule has 1 unspecified atom stereocenters. The van der Waals surface area contributed by atoms with E-state index in [2.05, 4.69) is 17.9 Å². The summed E-state index contributed by atoms with van der Waals surface area (Å²) in [5, 5.41) is 2.32. The lowest BCUT2D eigenvalue weighted by Crippen LogP contribution is -2.25. The van der Waals surface area contributed by atoms with E-state index in [-0.39, 0.29) is 5.91 Å². The van der Waals surface area contributed by atoms with Crippen molar-refractivity contribution in [2.45, 2.75) is 11.7 Å². The number of benzene rings is 2. The molecule has 2 aromatic carbocycles. The van der Waals surface area contributed by atoms with Crippen LogP contribution in [0.1, 0.15) is 15.9 Å². The fourth-order valence-corrected chi connectivity index (χ4v) is 2.15. The maximum absolute atomic E-state index is 12.1. The fraction of sp³-hybridized carbons (Fsp3) is 0.125. The Morgan fingerprint density at radius 1 is 1.05 bits per heavy atom. The number of nitrogens with two attached hydrogens (primary N) is 1. The van der Waals surface area contributed by atoms with Crippen LogP contribution in [0.25, 0.3) is 0 Å². The van der Waals surface area contributed by atoms with Crippen LogP contribution in [0.2, 0.25) is 0 Å². The molecule has 0 heterocycles. The number of rotatable bonds is 5. The van der Waals surface area contributed by atoms with Crippen molar-refractivity contribution in [3.63, 3.8) is 0 Å². The van der Waals surface area contributed by atoms with Crippen molar-refractivity contribution in [2.24, 2.45) is 5.73 Å². The first-order valence-electron chi connectivity index (χ1n) is 6.49. The van der Waals surface area contributed by atoms with Crippen molar-refractivity contribution in [3.8, 4) is 0 Å². The third-order valence-corrected chi connectivity index (χ3v) is 3.43. The molecule has 5 heteroatoms. The van der Waals surface area contributed by atoms with E-state index >= 15 is 0 Å². The summed E-state index contributed by atoms with van der Waals surface area (Å²) in [4.78, 5) is 23.0. The Morgan fingerprint density at radius 2 is 1.67 bits per heavy atom. The van der Waals surface area contributed by atoms with Crippen molar-refractivity contribution in [2.75, 3.05) is 5.32 Å². The number of primary amides is 1. The minimum absolute atomic E-state index is 0.186. The minimum atomic E-state index is -0.496. The summed E-state index contributed by atoms with van der Waals surface area (Å²) in [7, 11) is 0. The Hall–Kier alpha value is -2.27. The summed E-state index contributed by atoms with van der Waals surface area (Å²) >= 11 is 4.33. The Morgan fingerprint density at radius 3 is 2.24 bits per heavy atom. The van der Waals surface area contributed by atoms with E-state index in [4.69, 9.17) is 5.73 Å². The maximum atomic E-state index is 12.1. The zero-order valence-corrected chi connectivity index (χ0v) is 12.2. The largest absolute Gasteiger partial charge is 0.366 e. The lowest BCUT2D eigenvalue weighted by atomic mass is 10.1. The number of carbonyl (C=O) groups excluding carboxylic acids is 2. The van der Waals surface area contributed by atoms with Gasteiger partial charge in [-0.15, -0.1) is 0 Å². The van der Waals surface area contributed by atoms with Gasteiger partial charge in [0.05, 0.1) is 5.25 Å². The van der Waals surface area contributed by atoms with Crippen LogP contribution in [0.5, 0.6) is 0 Å². The molecule has 0 saturated heterocycles. The third-order valence-electron chi connectivity index (χ3n) is 3.01. The molecule has 1 atom stereocenters. The van der Waals surface area contributed by atoms with Crippen LogP contribution < -0.4 is 11.1 Å². The highest BCUT2D eigenvalue weighted by Gasteiger charge is 2.14. The monoisotopic (exact) mass is 300 g/mol. The van der Waals surface area contributed by atoms with E-state index in [1.54, 1.807) is 24.3 Å². The summed E-state index contributed by atoms with van der Waals surface area (Å²) in [5.74, 6) is -0.682. The van der Waals surface area contributed by atoms with Gasteiger partial charge < -0.3 is 11.1 Å². The number of hydrogen-bond donors (Lipinski definition) is 3. The van der Waals surface area contributed by atoms with Gasteiger partial charge in [0.25, 0.3) is 0 Å². The number of thiol groups is 1. The summed E-state index contributed by atoms with van der Waals surface area (Å²) in [6.07, 6.45) is 0.551. The fourth-order valence-electron chi connectivity index (χ4n) is 1.87. The van der Waals surface area contributed by atoms with Crippen LogP contribution in [-0.2, 0) is 11.2 Å². The van der Waals surface area contributed by atoms with Gasteiger partial charge >= 0.3 is 0 Å².